The Morgan fingerprint density at radius 1 is 1.42 bits per heavy atom. The van der Waals surface area contributed by atoms with Crippen LogP contribution in [0.5, 0.6) is 0 Å². The number of carbonyl (C=O) groups excluding carboxylic acids is 1. The summed E-state index contributed by atoms with van der Waals surface area (Å²) in [4.78, 5) is 23.0. The quantitative estimate of drug-likeness (QED) is 0.838. The summed E-state index contributed by atoms with van der Waals surface area (Å²) in [5.74, 6) is -0.0366. The van der Waals surface area contributed by atoms with Gasteiger partial charge in [0.2, 0.25) is 0 Å². The van der Waals surface area contributed by atoms with Crippen LogP contribution in [0, 0.1) is 0 Å². The third-order valence-corrected chi connectivity index (χ3v) is 3.99. The van der Waals surface area contributed by atoms with Gasteiger partial charge in [0.1, 0.15) is 12.4 Å². The molecular formula is C13H13N3O2S. The average molecular weight is 275 g/mol. The molecule has 0 aromatic carbocycles. The molecule has 0 saturated carbocycles. The minimum absolute atomic E-state index is 0.0256. The molecule has 1 fully saturated rings. The van der Waals surface area contributed by atoms with Gasteiger partial charge in [-0.3, -0.25) is 4.79 Å². The Hall–Kier alpha value is -1.79. The molecule has 0 radical (unpaired) electrons. The third kappa shape index (κ3) is 2.64. The van der Waals surface area contributed by atoms with Gasteiger partial charge in [-0.05, 0) is 11.4 Å². The number of morpholine rings is 1. The zero-order valence-electron chi connectivity index (χ0n) is 10.2. The van der Waals surface area contributed by atoms with E-state index in [0.29, 0.717) is 25.3 Å². The highest BCUT2D eigenvalue weighted by molar-refractivity contribution is 7.10. The highest BCUT2D eigenvalue weighted by Crippen LogP contribution is 2.26. The molecule has 0 spiro atoms. The van der Waals surface area contributed by atoms with E-state index in [2.05, 4.69) is 9.97 Å². The van der Waals surface area contributed by atoms with Gasteiger partial charge in [0, 0.05) is 23.8 Å². The fourth-order valence-corrected chi connectivity index (χ4v) is 2.84. The maximum atomic E-state index is 12.3. The van der Waals surface area contributed by atoms with Crippen molar-refractivity contribution in [3.63, 3.8) is 0 Å². The summed E-state index contributed by atoms with van der Waals surface area (Å²) in [5.41, 5.74) is 0.523. The summed E-state index contributed by atoms with van der Waals surface area (Å²) in [6, 6.07) is 4.03. The van der Waals surface area contributed by atoms with Gasteiger partial charge in [0.15, 0.2) is 0 Å². The normalized spacial score (nSPS) is 19.4. The van der Waals surface area contributed by atoms with Gasteiger partial charge in [-0.2, -0.15) is 0 Å². The fourth-order valence-electron chi connectivity index (χ4n) is 2.07. The van der Waals surface area contributed by atoms with E-state index in [1.165, 1.54) is 6.33 Å². The van der Waals surface area contributed by atoms with Crippen molar-refractivity contribution >= 4 is 17.2 Å². The molecule has 2 aromatic heterocycles. The summed E-state index contributed by atoms with van der Waals surface area (Å²) < 4.78 is 5.72. The first kappa shape index (κ1) is 12.3. The second-order valence-corrected chi connectivity index (χ2v) is 5.23. The van der Waals surface area contributed by atoms with Crippen LogP contribution in [-0.2, 0) is 4.74 Å². The Labute approximate surface area is 114 Å². The van der Waals surface area contributed by atoms with Crippen molar-refractivity contribution in [1.82, 2.24) is 14.9 Å². The molecule has 2 aromatic rings. The van der Waals surface area contributed by atoms with Gasteiger partial charge in [0.05, 0.1) is 18.7 Å². The van der Waals surface area contributed by atoms with Crippen LogP contribution in [-0.4, -0.2) is 40.5 Å². The van der Waals surface area contributed by atoms with Crippen LogP contribution >= 0.6 is 11.3 Å². The van der Waals surface area contributed by atoms with Gasteiger partial charge in [-0.15, -0.1) is 11.3 Å². The highest BCUT2D eigenvalue weighted by Gasteiger charge is 2.26. The molecule has 3 heterocycles. The van der Waals surface area contributed by atoms with Crippen LogP contribution in [0.2, 0.25) is 0 Å². The maximum absolute atomic E-state index is 12.3. The number of hydrogen-bond donors (Lipinski definition) is 0. The van der Waals surface area contributed by atoms with E-state index in [1.54, 1.807) is 28.6 Å². The lowest BCUT2D eigenvalue weighted by Crippen LogP contribution is -2.42. The molecule has 0 aliphatic carbocycles. The fraction of sp³-hybridized carbons (Fsp3) is 0.308. The lowest BCUT2D eigenvalue weighted by atomic mass is 10.2. The van der Waals surface area contributed by atoms with Crippen LogP contribution in [0.15, 0.2) is 36.2 Å². The monoisotopic (exact) mass is 275 g/mol. The maximum Gasteiger partial charge on any atom is 0.257 e. The largest absolute Gasteiger partial charge is 0.369 e. The standard InChI is InChI=1S/C13H13N3O2S/c17-13(10-6-14-9-15-7-10)16-3-4-18-11(8-16)12-2-1-5-19-12/h1-2,5-7,9,11H,3-4,8H2. The summed E-state index contributed by atoms with van der Waals surface area (Å²) in [5, 5.41) is 2.02. The number of aromatic nitrogens is 2. The van der Waals surface area contributed by atoms with Gasteiger partial charge < -0.3 is 9.64 Å². The van der Waals surface area contributed by atoms with Crippen LogP contribution < -0.4 is 0 Å². The number of rotatable bonds is 2. The van der Waals surface area contributed by atoms with Crippen molar-refractivity contribution in [2.24, 2.45) is 0 Å². The average Bonchev–Trinajstić information content (AvgIpc) is 3.02. The lowest BCUT2D eigenvalue weighted by Gasteiger charge is -2.32. The van der Waals surface area contributed by atoms with Crippen molar-refractivity contribution in [2.75, 3.05) is 19.7 Å². The Morgan fingerprint density at radius 3 is 3.00 bits per heavy atom. The van der Waals surface area contributed by atoms with Crippen LogP contribution in [0.3, 0.4) is 0 Å². The SMILES string of the molecule is O=C(c1cncnc1)N1CCOC(c2cccs2)C1. The van der Waals surface area contributed by atoms with Crippen molar-refractivity contribution in [3.05, 3.63) is 46.7 Å². The molecule has 3 rings (SSSR count). The molecular weight excluding hydrogens is 262 g/mol. The Kier molecular flexibility index (Phi) is 3.52. The summed E-state index contributed by atoms with van der Waals surface area (Å²) in [7, 11) is 0. The topological polar surface area (TPSA) is 55.3 Å². The first-order valence-electron chi connectivity index (χ1n) is 6.04. The van der Waals surface area contributed by atoms with Crippen molar-refractivity contribution in [1.29, 1.82) is 0 Å². The van der Waals surface area contributed by atoms with Crippen LogP contribution in [0.25, 0.3) is 0 Å². The zero-order chi connectivity index (χ0) is 13.1. The van der Waals surface area contributed by atoms with E-state index in [9.17, 15) is 4.79 Å². The molecule has 1 aliphatic rings. The molecule has 1 amide bonds. The molecule has 1 aliphatic heterocycles. The molecule has 98 valence electrons. The molecule has 1 atom stereocenters. The van der Waals surface area contributed by atoms with E-state index < -0.39 is 0 Å². The third-order valence-electron chi connectivity index (χ3n) is 3.02. The minimum Gasteiger partial charge on any atom is -0.369 e. The predicted octanol–water partition coefficient (Wildman–Crippen LogP) is 1.75. The number of hydrogen-bond acceptors (Lipinski definition) is 5. The first-order valence-corrected chi connectivity index (χ1v) is 6.92. The van der Waals surface area contributed by atoms with Gasteiger partial charge in [-0.25, -0.2) is 9.97 Å². The van der Waals surface area contributed by atoms with Crippen molar-refractivity contribution < 1.29 is 9.53 Å². The number of ether oxygens (including phenoxy) is 1. The molecule has 1 unspecified atom stereocenters. The Bertz CT molecular complexity index is 544. The molecule has 1 saturated heterocycles. The van der Waals surface area contributed by atoms with Gasteiger partial charge in [0.25, 0.3) is 5.91 Å². The van der Waals surface area contributed by atoms with E-state index in [0.717, 1.165) is 4.88 Å². The summed E-state index contributed by atoms with van der Waals surface area (Å²) >= 11 is 1.65. The first-order chi connectivity index (χ1) is 9.34. The van der Waals surface area contributed by atoms with Crippen LogP contribution in [0.1, 0.15) is 21.3 Å². The molecule has 0 N–H and O–H groups in total. The van der Waals surface area contributed by atoms with E-state index in [1.807, 2.05) is 17.5 Å². The number of carbonyl (C=O) groups is 1. The second-order valence-electron chi connectivity index (χ2n) is 4.25. The Balaban J connectivity index is 1.73. The second kappa shape index (κ2) is 5.46. The molecule has 0 bridgehead atoms. The van der Waals surface area contributed by atoms with Gasteiger partial charge >= 0.3 is 0 Å². The molecule has 6 heteroatoms. The van der Waals surface area contributed by atoms with Crippen molar-refractivity contribution in [3.8, 4) is 0 Å². The number of nitrogens with zero attached hydrogens (tertiary/aromatic N) is 3. The molecule has 5 nitrogen and oxygen atoms in total. The minimum atomic E-state index is -0.0366. The van der Waals surface area contributed by atoms with Gasteiger partial charge in [-0.1, -0.05) is 6.07 Å². The summed E-state index contributed by atoms with van der Waals surface area (Å²) in [6.45, 7) is 1.74. The van der Waals surface area contributed by atoms with E-state index >= 15 is 0 Å². The lowest BCUT2D eigenvalue weighted by molar-refractivity contribution is -0.0212. The smallest absolute Gasteiger partial charge is 0.257 e. The molecule has 19 heavy (non-hydrogen) atoms. The number of thiophene rings is 1. The summed E-state index contributed by atoms with van der Waals surface area (Å²) in [6.07, 6.45) is 4.49. The zero-order valence-corrected chi connectivity index (χ0v) is 11.0. The van der Waals surface area contributed by atoms with Crippen molar-refractivity contribution in [2.45, 2.75) is 6.10 Å². The Morgan fingerprint density at radius 2 is 2.26 bits per heavy atom. The number of amides is 1. The highest BCUT2D eigenvalue weighted by atomic mass is 32.1. The predicted molar refractivity (Wildman–Crippen MR) is 70.9 cm³/mol. The van der Waals surface area contributed by atoms with Crippen LogP contribution in [0.4, 0.5) is 0 Å². The van der Waals surface area contributed by atoms with E-state index in [-0.39, 0.29) is 12.0 Å². The van der Waals surface area contributed by atoms with E-state index in [4.69, 9.17) is 4.74 Å².